The van der Waals surface area contributed by atoms with Crippen LogP contribution >= 0.6 is 23.2 Å². The van der Waals surface area contributed by atoms with Crippen molar-refractivity contribution < 1.29 is 23.7 Å². The number of hydrogen-bond acceptors (Lipinski definition) is 5. The lowest BCUT2D eigenvalue weighted by Gasteiger charge is -2.25. The minimum atomic E-state index is -0.618. The third kappa shape index (κ3) is 3.87. The van der Waals surface area contributed by atoms with Crippen LogP contribution in [0.3, 0.4) is 0 Å². The van der Waals surface area contributed by atoms with Crippen LogP contribution in [0.2, 0.25) is 10.2 Å². The van der Waals surface area contributed by atoms with Crippen molar-refractivity contribution in [3.63, 3.8) is 0 Å². The number of para-hydroxylation sites is 1. The maximum Gasteiger partial charge on any atom is 0.308 e. The lowest BCUT2D eigenvalue weighted by molar-refractivity contribution is -0.145. The van der Waals surface area contributed by atoms with Crippen molar-refractivity contribution in [2.75, 3.05) is 21.3 Å². The van der Waals surface area contributed by atoms with Gasteiger partial charge in [-0.05, 0) is 36.4 Å². The van der Waals surface area contributed by atoms with E-state index in [0.717, 1.165) is 22.5 Å². The molecule has 8 heteroatoms. The van der Waals surface area contributed by atoms with E-state index < -0.39 is 18.2 Å². The number of benzene rings is 2. The zero-order valence-corrected chi connectivity index (χ0v) is 18.7. The maximum atomic E-state index is 12.2. The van der Waals surface area contributed by atoms with Crippen LogP contribution in [0, 0.1) is 0 Å². The maximum absolute atomic E-state index is 12.2. The standard InChI is InChI=1S/C23H21Cl2NO5/c1-28-18-6-4-5-14(23(18)30-3)22-15-11-13(24)7-8-16(15)26-17(9-10-20(26)25)19(31-22)12-21(27)29-2/h4-11,19,22H,12H2,1-3H3. The number of carbonyl (C=O) groups is 1. The Morgan fingerprint density at radius 2 is 1.84 bits per heavy atom. The summed E-state index contributed by atoms with van der Waals surface area (Å²) < 4.78 is 24.5. The zero-order chi connectivity index (χ0) is 22.1. The highest BCUT2D eigenvalue weighted by atomic mass is 35.5. The fourth-order valence-electron chi connectivity index (χ4n) is 3.92. The van der Waals surface area contributed by atoms with Gasteiger partial charge in [0.2, 0.25) is 0 Å². The lowest BCUT2D eigenvalue weighted by atomic mass is 9.98. The molecule has 0 aliphatic carbocycles. The molecule has 0 radical (unpaired) electrons. The van der Waals surface area contributed by atoms with E-state index >= 15 is 0 Å². The summed E-state index contributed by atoms with van der Waals surface area (Å²) >= 11 is 12.9. The van der Waals surface area contributed by atoms with Gasteiger partial charge in [0.05, 0.1) is 39.1 Å². The molecule has 0 spiro atoms. The summed E-state index contributed by atoms with van der Waals surface area (Å²) in [6.07, 6.45) is -1.21. The summed E-state index contributed by atoms with van der Waals surface area (Å²) in [6.45, 7) is 0. The van der Waals surface area contributed by atoms with Crippen molar-refractivity contribution in [3.8, 4) is 17.2 Å². The zero-order valence-electron chi connectivity index (χ0n) is 17.2. The Morgan fingerprint density at radius 1 is 1.03 bits per heavy atom. The van der Waals surface area contributed by atoms with Crippen molar-refractivity contribution >= 4 is 29.2 Å². The summed E-state index contributed by atoms with van der Waals surface area (Å²) in [5.41, 5.74) is 3.06. The molecule has 2 atom stereocenters. The van der Waals surface area contributed by atoms with Gasteiger partial charge in [0.15, 0.2) is 11.5 Å². The van der Waals surface area contributed by atoms with Crippen LogP contribution in [-0.4, -0.2) is 31.9 Å². The monoisotopic (exact) mass is 461 g/mol. The number of halogens is 2. The van der Waals surface area contributed by atoms with Gasteiger partial charge in [0.1, 0.15) is 17.4 Å². The van der Waals surface area contributed by atoms with Gasteiger partial charge in [-0.15, -0.1) is 0 Å². The molecule has 0 saturated carbocycles. The molecule has 2 heterocycles. The quantitative estimate of drug-likeness (QED) is 0.467. The second-order valence-corrected chi connectivity index (χ2v) is 7.81. The van der Waals surface area contributed by atoms with Crippen molar-refractivity contribution in [1.82, 2.24) is 4.57 Å². The Bertz CT molecular complexity index is 1130. The highest BCUT2D eigenvalue weighted by Gasteiger charge is 2.35. The van der Waals surface area contributed by atoms with E-state index in [4.69, 9.17) is 42.1 Å². The van der Waals surface area contributed by atoms with Crippen molar-refractivity contribution in [3.05, 3.63) is 75.5 Å². The second-order valence-electron chi connectivity index (χ2n) is 6.99. The largest absolute Gasteiger partial charge is 0.493 e. The van der Waals surface area contributed by atoms with E-state index in [9.17, 15) is 4.79 Å². The molecule has 1 aromatic heterocycles. The number of esters is 1. The average molecular weight is 462 g/mol. The van der Waals surface area contributed by atoms with Gasteiger partial charge < -0.3 is 23.5 Å². The molecule has 31 heavy (non-hydrogen) atoms. The van der Waals surface area contributed by atoms with E-state index in [0.29, 0.717) is 21.7 Å². The summed E-state index contributed by atoms with van der Waals surface area (Å²) in [6, 6.07) is 14.7. The fraction of sp³-hybridized carbons (Fsp3) is 0.261. The van der Waals surface area contributed by atoms with Crippen LogP contribution in [0.4, 0.5) is 0 Å². The minimum absolute atomic E-state index is 0.0152. The number of ether oxygens (including phenoxy) is 4. The predicted molar refractivity (Wildman–Crippen MR) is 118 cm³/mol. The first-order chi connectivity index (χ1) is 15.0. The molecule has 1 aliphatic rings. The average Bonchev–Trinajstić information content (AvgIpc) is 3.10. The molecule has 0 fully saturated rings. The van der Waals surface area contributed by atoms with Crippen molar-refractivity contribution in [2.24, 2.45) is 0 Å². The highest BCUT2D eigenvalue weighted by molar-refractivity contribution is 6.31. The van der Waals surface area contributed by atoms with Crippen LogP contribution in [0.25, 0.3) is 5.69 Å². The number of hydrogen-bond donors (Lipinski definition) is 0. The Labute approximate surface area is 190 Å². The van der Waals surface area contributed by atoms with E-state index in [1.165, 1.54) is 7.11 Å². The van der Waals surface area contributed by atoms with Gasteiger partial charge in [-0.3, -0.25) is 4.79 Å². The third-order valence-corrected chi connectivity index (χ3v) is 5.83. The van der Waals surface area contributed by atoms with E-state index in [2.05, 4.69) is 0 Å². The molecular weight excluding hydrogens is 441 g/mol. The first-order valence-corrected chi connectivity index (χ1v) is 10.3. The van der Waals surface area contributed by atoms with Gasteiger partial charge >= 0.3 is 5.97 Å². The van der Waals surface area contributed by atoms with Gasteiger partial charge in [0, 0.05) is 16.1 Å². The normalized spacial score (nSPS) is 17.3. The minimum Gasteiger partial charge on any atom is -0.493 e. The summed E-state index contributed by atoms with van der Waals surface area (Å²) in [5.74, 6) is 0.711. The molecule has 6 nitrogen and oxygen atoms in total. The van der Waals surface area contributed by atoms with Gasteiger partial charge in [-0.1, -0.05) is 35.3 Å². The molecule has 3 aromatic rings. The van der Waals surface area contributed by atoms with Crippen molar-refractivity contribution in [1.29, 1.82) is 0 Å². The van der Waals surface area contributed by atoms with Crippen molar-refractivity contribution in [2.45, 2.75) is 18.6 Å². The first-order valence-electron chi connectivity index (χ1n) is 9.58. The summed E-state index contributed by atoms with van der Waals surface area (Å²) in [7, 11) is 4.50. The number of methoxy groups -OCH3 is 3. The molecule has 0 saturated heterocycles. The Hall–Kier alpha value is -2.67. The van der Waals surface area contributed by atoms with Gasteiger partial charge in [0.25, 0.3) is 0 Å². The van der Waals surface area contributed by atoms with Gasteiger partial charge in [-0.25, -0.2) is 0 Å². The number of aromatic nitrogens is 1. The Morgan fingerprint density at radius 3 is 2.55 bits per heavy atom. The molecule has 2 aromatic carbocycles. The number of nitrogens with zero attached hydrogens (tertiary/aromatic N) is 1. The lowest BCUT2D eigenvalue weighted by Crippen LogP contribution is -2.16. The molecule has 2 unspecified atom stereocenters. The van der Waals surface area contributed by atoms with Crippen LogP contribution < -0.4 is 9.47 Å². The van der Waals surface area contributed by atoms with Crippen LogP contribution in [0.5, 0.6) is 11.5 Å². The molecule has 1 aliphatic heterocycles. The van der Waals surface area contributed by atoms with Gasteiger partial charge in [-0.2, -0.15) is 0 Å². The predicted octanol–water partition coefficient (Wildman–Crippen LogP) is 5.53. The summed E-state index contributed by atoms with van der Waals surface area (Å²) in [5, 5.41) is 1.04. The van der Waals surface area contributed by atoms with Crippen LogP contribution in [-0.2, 0) is 14.3 Å². The summed E-state index contributed by atoms with van der Waals surface area (Å²) in [4.78, 5) is 12.2. The molecule has 162 valence electrons. The highest BCUT2D eigenvalue weighted by Crippen LogP contribution is 2.47. The molecular formula is C23H21Cl2NO5. The van der Waals surface area contributed by atoms with Crippen LogP contribution in [0.15, 0.2) is 48.5 Å². The molecule has 4 rings (SSSR count). The molecule has 0 bridgehead atoms. The smallest absolute Gasteiger partial charge is 0.308 e. The number of carbonyl (C=O) groups excluding carboxylic acids is 1. The SMILES string of the molecule is COC(=O)CC1OC(c2cccc(OC)c2OC)c2cc(Cl)ccc2-n2c(Cl)ccc21. The van der Waals surface area contributed by atoms with E-state index in [1.807, 2.05) is 41.0 Å². The van der Waals surface area contributed by atoms with E-state index in [1.54, 1.807) is 26.4 Å². The van der Waals surface area contributed by atoms with Crippen LogP contribution in [0.1, 0.15) is 35.4 Å². The molecule has 0 amide bonds. The molecule has 0 N–H and O–H groups in total. The third-order valence-electron chi connectivity index (χ3n) is 5.30. The van der Waals surface area contributed by atoms with E-state index in [-0.39, 0.29) is 6.42 Å². The second kappa shape index (κ2) is 8.83. The topological polar surface area (TPSA) is 58.9 Å². The first kappa shape index (κ1) is 21.6. The number of rotatable bonds is 5. The Balaban J connectivity index is 1.97. The fourth-order valence-corrected chi connectivity index (χ4v) is 4.36. The number of fused-ring (bicyclic) bond motifs is 3. The Kier molecular flexibility index (Phi) is 6.14.